The van der Waals surface area contributed by atoms with Crippen molar-refractivity contribution in [2.24, 2.45) is 5.73 Å². The minimum absolute atomic E-state index is 0.209. The molecule has 2 heterocycles. The number of hydrogen-bond donors (Lipinski definition) is 1. The third-order valence-electron chi connectivity index (χ3n) is 2.74. The van der Waals surface area contributed by atoms with Crippen molar-refractivity contribution in [3.63, 3.8) is 0 Å². The Bertz CT molecular complexity index is 455. The van der Waals surface area contributed by atoms with Crippen LogP contribution in [0.25, 0.3) is 0 Å². The zero-order chi connectivity index (χ0) is 12.3. The summed E-state index contributed by atoms with van der Waals surface area (Å²) in [7, 11) is 2.06. The Morgan fingerprint density at radius 1 is 1.53 bits per heavy atom. The van der Waals surface area contributed by atoms with Crippen LogP contribution in [0.3, 0.4) is 0 Å². The van der Waals surface area contributed by atoms with E-state index in [0.29, 0.717) is 6.54 Å². The molecular weight excluding hydrogens is 300 g/mol. The molecule has 3 nitrogen and oxygen atoms in total. The van der Waals surface area contributed by atoms with E-state index in [1.165, 1.54) is 5.56 Å². The quantitative estimate of drug-likeness (QED) is 0.921. The summed E-state index contributed by atoms with van der Waals surface area (Å²) >= 11 is 5.24. The molecule has 2 aromatic rings. The smallest absolute Gasteiger partial charge is 0.117 e. The van der Waals surface area contributed by atoms with E-state index in [1.54, 1.807) is 17.6 Å². The van der Waals surface area contributed by atoms with E-state index >= 15 is 0 Å². The molecule has 0 aromatic carbocycles. The highest BCUT2D eigenvalue weighted by Gasteiger charge is 2.19. The van der Waals surface area contributed by atoms with Gasteiger partial charge in [-0.05, 0) is 46.1 Å². The van der Waals surface area contributed by atoms with Crippen LogP contribution in [-0.4, -0.2) is 18.5 Å². The molecule has 2 rings (SSSR count). The van der Waals surface area contributed by atoms with Gasteiger partial charge in [0.25, 0.3) is 0 Å². The first-order chi connectivity index (χ1) is 8.22. The van der Waals surface area contributed by atoms with Crippen LogP contribution in [0.1, 0.15) is 17.4 Å². The van der Waals surface area contributed by atoms with Crippen molar-refractivity contribution >= 4 is 27.3 Å². The van der Waals surface area contributed by atoms with Crippen LogP contribution in [0.5, 0.6) is 0 Å². The van der Waals surface area contributed by atoms with Gasteiger partial charge in [-0.15, -0.1) is 0 Å². The van der Waals surface area contributed by atoms with Crippen LogP contribution >= 0.6 is 27.3 Å². The van der Waals surface area contributed by atoms with Crippen LogP contribution in [0.2, 0.25) is 0 Å². The first-order valence-corrected chi connectivity index (χ1v) is 7.10. The average molecular weight is 315 g/mol. The van der Waals surface area contributed by atoms with E-state index in [2.05, 4.69) is 38.6 Å². The van der Waals surface area contributed by atoms with E-state index in [4.69, 9.17) is 10.2 Å². The number of thiophene rings is 1. The van der Waals surface area contributed by atoms with Crippen molar-refractivity contribution in [3.8, 4) is 0 Å². The Morgan fingerprint density at radius 3 is 2.88 bits per heavy atom. The van der Waals surface area contributed by atoms with Gasteiger partial charge in [-0.1, -0.05) is 0 Å². The molecule has 0 fully saturated rings. The Hall–Kier alpha value is -0.620. The second-order valence-electron chi connectivity index (χ2n) is 3.92. The van der Waals surface area contributed by atoms with Crippen LogP contribution in [0.4, 0.5) is 0 Å². The Kier molecular flexibility index (Phi) is 4.39. The molecule has 2 N–H and O–H groups in total. The van der Waals surface area contributed by atoms with Crippen molar-refractivity contribution in [1.82, 2.24) is 4.90 Å². The summed E-state index contributed by atoms with van der Waals surface area (Å²) in [6.45, 7) is 1.35. The van der Waals surface area contributed by atoms with Crippen LogP contribution in [0.15, 0.2) is 38.0 Å². The van der Waals surface area contributed by atoms with Gasteiger partial charge in [-0.25, -0.2) is 0 Å². The maximum absolute atomic E-state index is 5.87. The third kappa shape index (κ3) is 2.98. The molecule has 0 aliphatic heterocycles. The molecule has 0 bridgehead atoms. The molecule has 0 amide bonds. The Morgan fingerprint density at radius 2 is 2.35 bits per heavy atom. The van der Waals surface area contributed by atoms with Gasteiger partial charge in [0.15, 0.2) is 0 Å². The summed E-state index contributed by atoms with van der Waals surface area (Å²) in [6.07, 6.45) is 1.70. The molecule has 2 aromatic heterocycles. The second-order valence-corrected chi connectivity index (χ2v) is 5.52. The monoisotopic (exact) mass is 314 g/mol. The SMILES string of the molecule is CN(Cc1ccco1)C(CN)c1cscc1Br. The first-order valence-electron chi connectivity index (χ1n) is 5.36. The van der Waals surface area contributed by atoms with E-state index in [9.17, 15) is 0 Å². The number of halogens is 1. The van der Waals surface area contributed by atoms with E-state index in [1.807, 2.05) is 12.1 Å². The first kappa shape index (κ1) is 12.8. The summed E-state index contributed by atoms with van der Waals surface area (Å²) in [4.78, 5) is 2.20. The highest BCUT2D eigenvalue weighted by atomic mass is 79.9. The van der Waals surface area contributed by atoms with Gasteiger partial charge in [0, 0.05) is 22.4 Å². The lowest BCUT2D eigenvalue weighted by atomic mass is 10.1. The van der Waals surface area contributed by atoms with Gasteiger partial charge in [0.05, 0.1) is 12.8 Å². The Balaban J connectivity index is 2.11. The minimum Gasteiger partial charge on any atom is -0.468 e. The molecule has 17 heavy (non-hydrogen) atoms. The van der Waals surface area contributed by atoms with Crippen LogP contribution in [0, 0.1) is 0 Å². The summed E-state index contributed by atoms with van der Waals surface area (Å²) < 4.78 is 6.48. The summed E-state index contributed by atoms with van der Waals surface area (Å²) in [5, 5.41) is 4.22. The molecule has 1 atom stereocenters. The molecule has 0 spiro atoms. The van der Waals surface area contributed by atoms with Gasteiger partial charge in [0.1, 0.15) is 5.76 Å². The lowest BCUT2D eigenvalue weighted by Gasteiger charge is -2.26. The van der Waals surface area contributed by atoms with Crippen LogP contribution < -0.4 is 5.73 Å². The molecule has 0 aliphatic carbocycles. The summed E-state index contributed by atoms with van der Waals surface area (Å²) in [5.41, 5.74) is 7.12. The maximum atomic E-state index is 5.87. The zero-order valence-corrected chi connectivity index (χ0v) is 12.0. The largest absolute Gasteiger partial charge is 0.468 e. The fraction of sp³-hybridized carbons (Fsp3) is 0.333. The van der Waals surface area contributed by atoms with Gasteiger partial charge in [-0.3, -0.25) is 4.90 Å². The van der Waals surface area contributed by atoms with Crippen molar-refractivity contribution in [2.45, 2.75) is 12.6 Å². The van der Waals surface area contributed by atoms with E-state index < -0.39 is 0 Å². The number of likely N-dealkylation sites (N-methyl/N-ethyl adjacent to an activating group) is 1. The standard InChI is InChI=1S/C12H15BrN2OS/c1-15(6-9-3-2-4-16-9)12(5-14)10-7-17-8-11(10)13/h2-4,7-8,12H,5-6,14H2,1H3. The maximum Gasteiger partial charge on any atom is 0.117 e. The van der Waals surface area contributed by atoms with Gasteiger partial charge in [0.2, 0.25) is 0 Å². The predicted molar refractivity (Wildman–Crippen MR) is 74.0 cm³/mol. The molecular formula is C12H15BrN2OS. The molecule has 0 saturated carbocycles. The predicted octanol–water partition coefficient (Wildman–Crippen LogP) is 3.24. The zero-order valence-electron chi connectivity index (χ0n) is 9.60. The lowest BCUT2D eigenvalue weighted by Crippen LogP contribution is -2.30. The second kappa shape index (κ2) is 5.82. The number of hydrogen-bond acceptors (Lipinski definition) is 4. The van der Waals surface area contributed by atoms with Gasteiger partial charge >= 0.3 is 0 Å². The van der Waals surface area contributed by atoms with E-state index in [-0.39, 0.29) is 6.04 Å². The van der Waals surface area contributed by atoms with Crippen molar-refractivity contribution in [1.29, 1.82) is 0 Å². The van der Waals surface area contributed by atoms with Crippen molar-refractivity contribution in [2.75, 3.05) is 13.6 Å². The highest BCUT2D eigenvalue weighted by molar-refractivity contribution is 9.10. The Labute approximate surface area is 113 Å². The number of rotatable bonds is 5. The topological polar surface area (TPSA) is 42.4 Å². The molecule has 0 radical (unpaired) electrons. The summed E-state index contributed by atoms with van der Waals surface area (Å²) in [5.74, 6) is 0.956. The van der Waals surface area contributed by atoms with Crippen molar-refractivity contribution in [3.05, 3.63) is 45.0 Å². The minimum atomic E-state index is 0.209. The fourth-order valence-corrected chi connectivity index (χ4v) is 3.44. The third-order valence-corrected chi connectivity index (χ3v) is 4.49. The molecule has 0 saturated heterocycles. The fourth-order valence-electron chi connectivity index (χ4n) is 1.83. The average Bonchev–Trinajstić information content (AvgIpc) is 2.92. The number of furan rings is 1. The van der Waals surface area contributed by atoms with Crippen LogP contribution in [-0.2, 0) is 6.54 Å². The van der Waals surface area contributed by atoms with Gasteiger partial charge < -0.3 is 10.2 Å². The molecule has 5 heteroatoms. The molecule has 0 aliphatic rings. The van der Waals surface area contributed by atoms with Crippen molar-refractivity contribution < 1.29 is 4.42 Å². The normalized spacial score (nSPS) is 13.2. The van der Waals surface area contributed by atoms with Gasteiger partial charge in [-0.2, -0.15) is 11.3 Å². The molecule has 1 unspecified atom stereocenters. The number of nitrogens with zero attached hydrogens (tertiary/aromatic N) is 1. The lowest BCUT2D eigenvalue weighted by molar-refractivity contribution is 0.223. The van der Waals surface area contributed by atoms with E-state index in [0.717, 1.165) is 16.8 Å². The summed E-state index contributed by atoms with van der Waals surface area (Å²) in [6, 6.07) is 4.09. The molecule has 92 valence electrons. The number of nitrogens with two attached hydrogens (primary N) is 1. The highest BCUT2D eigenvalue weighted by Crippen LogP contribution is 2.30.